The second-order valence-corrected chi connectivity index (χ2v) is 8.16. The first-order valence-corrected chi connectivity index (χ1v) is 10.1. The van der Waals surface area contributed by atoms with Gasteiger partial charge >= 0.3 is 6.03 Å². The molecule has 1 fully saturated rings. The number of benzene rings is 3. The Kier molecular flexibility index (Phi) is 5.40. The molecule has 0 aliphatic carbocycles. The highest BCUT2D eigenvalue weighted by molar-refractivity contribution is 6.31. The zero-order chi connectivity index (χ0) is 21.5. The number of anilines is 2. The highest BCUT2D eigenvalue weighted by atomic mass is 35.5. The first-order chi connectivity index (χ1) is 14.3. The summed E-state index contributed by atoms with van der Waals surface area (Å²) in [6.45, 7) is -0.0412. The lowest BCUT2D eigenvalue weighted by molar-refractivity contribution is 0.0655. The average molecular weight is 458 g/mol. The molecular weight excluding hydrogens is 443 g/mol. The van der Waals surface area contributed by atoms with E-state index in [4.69, 9.17) is 41.2 Å². The van der Waals surface area contributed by atoms with E-state index in [0.717, 1.165) is 0 Å². The predicted octanol–water partition coefficient (Wildman–Crippen LogP) is 5.92. The number of carbonyl (C=O) groups is 1. The van der Waals surface area contributed by atoms with Crippen molar-refractivity contribution in [3.05, 3.63) is 92.9 Å². The Balaban J connectivity index is 1.88. The second kappa shape index (κ2) is 7.86. The molecule has 2 amide bonds. The first-order valence-electron chi connectivity index (χ1n) is 8.95. The zero-order valence-corrected chi connectivity index (χ0v) is 17.8. The summed E-state index contributed by atoms with van der Waals surface area (Å²) in [5, 5.41) is 13.2. The second-order valence-electron chi connectivity index (χ2n) is 6.85. The lowest BCUT2D eigenvalue weighted by Gasteiger charge is -2.32. The van der Waals surface area contributed by atoms with E-state index in [0.29, 0.717) is 37.6 Å². The summed E-state index contributed by atoms with van der Waals surface area (Å²) >= 11 is 18.2. The Morgan fingerprint density at radius 2 is 1.43 bits per heavy atom. The van der Waals surface area contributed by atoms with E-state index in [2.05, 4.69) is 5.92 Å². The van der Waals surface area contributed by atoms with Gasteiger partial charge in [-0.2, -0.15) is 0 Å². The average Bonchev–Trinajstić information content (AvgIpc) is 3.00. The summed E-state index contributed by atoms with van der Waals surface area (Å²) in [4.78, 5) is 16.2. The van der Waals surface area contributed by atoms with E-state index in [-0.39, 0.29) is 6.54 Å². The van der Waals surface area contributed by atoms with Crippen molar-refractivity contribution in [3.8, 4) is 12.3 Å². The van der Waals surface area contributed by atoms with Gasteiger partial charge < -0.3 is 5.11 Å². The maximum absolute atomic E-state index is 13.5. The maximum atomic E-state index is 13.5. The number of amides is 2. The number of rotatable bonds is 3. The normalized spacial score (nSPS) is 18.6. The van der Waals surface area contributed by atoms with E-state index < -0.39 is 11.8 Å². The van der Waals surface area contributed by atoms with Gasteiger partial charge in [-0.3, -0.25) is 9.80 Å². The standard InChI is InChI=1S/C23H15Cl3N2O2/c1-2-15-11-16(13-19(26)12-15)23(30)14-27(20-7-3-17(24)4-8-20)22(29)28(23)21-9-5-18(25)6-10-21/h1,3-13,30H,14H2. The van der Waals surface area contributed by atoms with Gasteiger partial charge in [0.15, 0.2) is 5.72 Å². The maximum Gasteiger partial charge on any atom is 0.331 e. The molecule has 1 heterocycles. The molecule has 1 N–H and O–H groups in total. The van der Waals surface area contributed by atoms with E-state index >= 15 is 0 Å². The van der Waals surface area contributed by atoms with Crippen molar-refractivity contribution >= 4 is 52.2 Å². The Morgan fingerprint density at radius 1 is 0.867 bits per heavy atom. The van der Waals surface area contributed by atoms with Crippen LogP contribution in [0.3, 0.4) is 0 Å². The van der Waals surface area contributed by atoms with Crippen molar-refractivity contribution in [1.82, 2.24) is 0 Å². The van der Waals surface area contributed by atoms with Crippen LogP contribution in [-0.4, -0.2) is 17.7 Å². The van der Waals surface area contributed by atoms with Gasteiger partial charge in [-0.05, 0) is 66.7 Å². The van der Waals surface area contributed by atoms with Crippen LogP contribution in [0.5, 0.6) is 0 Å². The lowest BCUT2D eigenvalue weighted by Crippen LogP contribution is -2.45. The molecular formula is C23H15Cl3N2O2. The van der Waals surface area contributed by atoms with Crippen LogP contribution in [0, 0.1) is 12.3 Å². The molecule has 1 atom stereocenters. The van der Waals surface area contributed by atoms with Crippen LogP contribution in [0.25, 0.3) is 0 Å². The largest absolute Gasteiger partial charge is 0.365 e. The van der Waals surface area contributed by atoms with Crippen LogP contribution < -0.4 is 9.80 Å². The van der Waals surface area contributed by atoms with Crippen LogP contribution in [0.1, 0.15) is 11.1 Å². The fourth-order valence-corrected chi connectivity index (χ4v) is 3.99. The van der Waals surface area contributed by atoms with Crippen molar-refractivity contribution in [3.63, 3.8) is 0 Å². The topological polar surface area (TPSA) is 43.8 Å². The molecule has 30 heavy (non-hydrogen) atoms. The van der Waals surface area contributed by atoms with Crippen LogP contribution in [-0.2, 0) is 5.72 Å². The van der Waals surface area contributed by atoms with Crippen LogP contribution in [0.2, 0.25) is 15.1 Å². The molecule has 3 aromatic rings. The number of urea groups is 1. The number of β-amino-alcohol motifs (C(OH)–C–C–N with tert-alkyl or cyclic N) is 1. The molecule has 1 unspecified atom stereocenters. The molecule has 1 aliphatic rings. The third-order valence-electron chi connectivity index (χ3n) is 4.92. The third kappa shape index (κ3) is 3.62. The molecule has 0 bridgehead atoms. The number of hydrogen-bond acceptors (Lipinski definition) is 2. The molecule has 4 nitrogen and oxygen atoms in total. The monoisotopic (exact) mass is 456 g/mol. The molecule has 1 aliphatic heterocycles. The SMILES string of the molecule is C#Cc1cc(Cl)cc(C2(O)CN(c3ccc(Cl)cc3)C(=O)N2c2ccc(Cl)cc2)c1. The Labute approximate surface area is 189 Å². The van der Waals surface area contributed by atoms with Gasteiger partial charge in [0.2, 0.25) is 0 Å². The van der Waals surface area contributed by atoms with Crippen LogP contribution >= 0.6 is 34.8 Å². The number of carbonyl (C=O) groups excluding carboxylic acids is 1. The fraction of sp³-hybridized carbons (Fsp3) is 0.0870. The number of nitrogens with zero attached hydrogens (tertiary/aromatic N) is 2. The summed E-state index contributed by atoms with van der Waals surface area (Å²) in [5.74, 6) is 2.53. The van der Waals surface area contributed by atoms with Gasteiger partial charge in [0.05, 0.1) is 6.54 Å². The van der Waals surface area contributed by atoms with Gasteiger partial charge in [-0.25, -0.2) is 4.79 Å². The molecule has 0 aromatic heterocycles. The molecule has 0 saturated carbocycles. The van der Waals surface area contributed by atoms with Crippen molar-refractivity contribution < 1.29 is 9.90 Å². The van der Waals surface area contributed by atoms with Gasteiger partial charge in [0.1, 0.15) is 0 Å². The molecule has 4 rings (SSSR count). The van der Waals surface area contributed by atoms with Crippen LogP contribution in [0.4, 0.5) is 16.2 Å². The molecule has 0 radical (unpaired) electrons. The molecule has 7 heteroatoms. The summed E-state index contributed by atoms with van der Waals surface area (Å²) < 4.78 is 0. The Hall–Kier alpha value is -2.68. The quantitative estimate of drug-likeness (QED) is 0.496. The minimum atomic E-state index is -1.72. The minimum Gasteiger partial charge on any atom is -0.365 e. The van der Waals surface area contributed by atoms with Gasteiger partial charge in [-0.15, -0.1) is 6.42 Å². The van der Waals surface area contributed by atoms with Crippen LogP contribution in [0.15, 0.2) is 66.7 Å². The molecule has 3 aromatic carbocycles. The molecule has 1 saturated heterocycles. The van der Waals surface area contributed by atoms with E-state index in [1.807, 2.05) is 0 Å². The first kappa shape index (κ1) is 20.6. The lowest BCUT2D eigenvalue weighted by atomic mass is 9.99. The zero-order valence-electron chi connectivity index (χ0n) is 15.5. The summed E-state index contributed by atoms with van der Waals surface area (Å²) in [6, 6.07) is 17.9. The van der Waals surface area contributed by atoms with E-state index in [1.165, 1.54) is 9.80 Å². The fourth-order valence-electron chi connectivity index (χ4n) is 3.50. The number of aliphatic hydroxyl groups is 1. The molecule has 150 valence electrons. The summed E-state index contributed by atoms with van der Waals surface area (Å²) in [6.07, 6.45) is 5.54. The Morgan fingerprint density at radius 3 is 2.00 bits per heavy atom. The van der Waals surface area contributed by atoms with Gasteiger partial charge in [0, 0.05) is 37.6 Å². The van der Waals surface area contributed by atoms with Crippen molar-refractivity contribution in [1.29, 1.82) is 0 Å². The van der Waals surface area contributed by atoms with Crippen molar-refractivity contribution in [2.75, 3.05) is 16.3 Å². The van der Waals surface area contributed by atoms with E-state index in [9.17, 15) is 9.90 Å². The minimum absolute atomic E-state index is 0.0412. The summed E-state index contributed by atoms with van der Waals surface area (Å²) in [7, 11) is 0. The number of terminal acetylenes is 1. The highest BCUT2D eigenvalue weighted by Crippen LogP contribution is 2.41. The summed E-state index contributed by atoms with van der Waals surface area (Å²) in [5.41, 5.74) is 0.257. The predicted molar refractivity (Wildman–Crippen MR) is 121 cm³/mol. The van der Waals surface area contributed by atoms with Gasteiger partial charge in [-0.1, -0.05) is 40.7 Å². The van der Waals surface area contributed by atoms with Crippen molar-refractivity contribution in [2.45, 2.75) is 5.72 Å². The van der Waals surface area contributed by atoms with Gasteiger partial charge in [0.25, 0.3) is 0 Å². The highest BCUT2D eigenvalue weighted by Gasteiger charge is 2.51. The number of hydrogen-bond donors (Lipinski definition) is 1. The third-order valence-corrected chi connectivity index (χ3v) is 5.64. The smallest absolute Gasteiger partial charge is 0.331 e. The number of halogens is 3. The van der Waals surface area contributed by atoms with E-state index in [1.54, 1.807) is 66.7 Å². The van der Waals surface area contributed by atoms with Crippen molar-refractivity contribution in [2.24, 2.45) is 0 Å². The molecule has 0 spiro atoms. The Bertz CT molecular complexity index is 1160.